The first kappa shape index (κ1) is 23.4. The molecule has 0 aliphatic carbocycles. The van der Waals surface area contributed by atoms with Gasteiger partial charge in [0.15, 0.2) is 12.6 Å². The summed E-state index contributed by atoms with van der Waals surface area (Å²) in [6.07, 6.45) is -8.82. The second-order valence-electron chi connectivity index (χ2n) is 6.95. The lowest BCUT2D eigenvalue weighted by atomic mass is 9.98. The summed E-state index contributed by atoms with van der Waals surface area (Å²) in [4.78, 5) is 11.0. The molecule has 0 radical (unpaired) electrons. The molecule has 5 N–H and O–H groups in total. The topological polar surface area (TPSA) is 156 Å². The molecule has 2 rings (SSSR count). The Kier molecular flexibility index (Phi) is 8.99. The van der Waals surface area contributed by atoms with Gasteiger partial charge in [-0.25, -0.2) is 0 Å². The van der Waals surface area contributed by atoms with Gasteiger partial charge in [0.2, 0.25) is 5.91 Å². The standard InChI is InChI=1S/C17H31NO10/c1-8-10(21)6-11(22)16(26-8)28-14-13(23)12(7-19)27-17(24-3)15(14)25-5-4-18-9(2)20/h8,10-17,19,21-23H,4-7H2,1-3H3,(H,18,20)/t8-,10-,11-,12-,13-,14+,15+,16-,17+/m1/s1. The van der Waals surface area contributed by atoms with E-state index in [9.17, 15) is 25.2 Å². The molecule has 11 nitrogen and oxygen atoms in total. The number of amides is 1. The third kappa shape index (κ3) is 5.81. The SMILES string of the molecule is CO[C@H]1O[C@H](CO)[C@@H](O)[C@H](O[C@H]2O[C@H](C)[C@H](O)C[C@H]2O)[C@@H]1OCCNC(C)=O. The van der Waals surface area contributed by atoms with Crippen LogP contribution in [0.15, 0.2) is 0 Å². The van der Waals surface area contributed by atoms with Crippen molar-refractivity contribution in [1.82, 2.24) is 5.32 Å². The predicted octanol–water partition coefficient (Wildman–Crippen LogP) is -2.53. The van der Waals surface area contributed by atoms with Crippen molar-refractivity contribution in [2.45, 2.75) is 75.6 Å². The fraction of sp³-hybridized carbons (Fsp3) is 0.941. The molecule has 2 aliphatic rings. The van der Waals surface area contributed by atoms with E-state index >= 15 is 0 Å². The lowest BCUT2D eigenvalue weighted by Gasteiger charge is -2.46. The minimum Gasteiger partial charge on any atom is -0.394 e. The number of aliphatic hydroxyl groups is 4. The molecule has 2 fully saturated rings. The summed E-state index contributed by atoms with van der Waals surface area (Å²) in [7, 11) is 1.38. The summed E-state index contributed by atoms with van der Waals surface area (Å²) in [5.41, 5.74) is 0. The Labute approximate surface area is 163 Å². The molecule has 1 amide bonds. The summed E-state index contributed by atoms with van der Waals surface area (Å²) >= 11 is 0. The molecular weight excluding hydrogens is 378 g/mol. The van der Waals surface area contributed by atoms with Gasteiger partial charge in [-0.15, -0.1) is 0 Å². The average molecular weight is 409 g/mol. The van der Waals surface area contributed by atoms with Crippen LogP contribution in [0.1, 0.15) is 20.3 Å². The highest BCUT2D eigenvalue weighted by Gasteiger charge is 2.49. The zero-order valence-electron chi connectivity index (χ0n) is 16.3. The highest BCUT2D eigenvalue weighted by molar-refractivity contribution is 5.72. The van der Waals surface area contributed by atoms with Gasteiger partial charge in [-0.1, -0.05) is 0 Å². The Hall–Kier alpha value is -0.890. The summed E-state index contributed by atoms with van der Waals surface area (Å²) in [5, 5.41) is 42.7. The number of nitrogens with one attached hydrogen (secondary N) is 1. The maximum Gasteiger partial charge on any atom is 0.216 e. The molecule has 0 saturated carbocycles. The number of carbonyl (C=O) groups is 1. The first-order valence-corrected chi connectivity index (χ1v) is 9.28. The van der Waals surface area contributed by atoms with E-state index < -0.39 is 61.9 Å². The Bertz CT molecular complexity index is 495. The van der Waals surface area contributed by atoms with E-state index in [0.717, 1.165) is 0 Å². The zero-order chi connectivity index (χ0) is 20.8. The van der Waals surface area contributed by atoms with Crippen molar-refractivity contribution in [1.29, 1.82) is 0 Å². The van der Waals surface area contributed by atoms with E-state index in [4.69, 9.17) is 23.7 Å². The van der Waals surface area contributed by atoms with Crippen LogP contribution >= 0.6 is 0 Å². The quantitative estimate of drug-likeness (QED) is 0.271. The van der Waals surface area contributed by atoms with E-state index in [1.165, 1.54) is 14.0 Å². The highest BCUT2D eigenvalue weighted by atomic mass is 16.7. The molecular formula is C17H31NO10. The molecule has 9 atom stereocenters. The number of hydrogen-bond donors (Lipinski definition) is 5. The van der Waals surface area contributed by atoms with Crippen LogP contribution in [0.4, 0.5) is 0 Å². The van der Waals surface area contributed by atoms with Crippen molar-refractivity contribution in [3.8, 4) is 0 Å². The van der Waals surface area contributed by atoms with Crippen LogP contribution in [0.3, 0.4) is 0 Å². The van der Waals surface area contributed by atoms with Gasteiger partial charge in [-0.05, 0) is 6.92 Å². The molecule has 11 heteroatoms. The van der Waals surface area contributed by atoms with Crippen molar-refractivity contribution >= 4 is 5.91 Å². The van der Waals surface area contributed by atoms with Crippen molar-refractivity contribution in [3.05, 3.63) is 0 Å². The molecule has 2 heterocycles. The largest absolute Gasteiger partial charge is 0.394 e. The molecule has 2 aliphatic heterocycles. The van der Waals surface area contributed by atoms with Gasteiger partial charge in [0, 0.05) is 27.0 Å². The predicted molar refractivity (Wildman–Crippen MR) is 93.0 cm³/mol. The van der Waals surface area contributed by atoms with Crippen molar-refractivity contribution in [3.63, 3.8) is 0 Å². The summed E-state index contributed by atoms with van der Waals surface area (Å²) < 4.78 is 27.8. The van der Waals surface area contributed by atoms with Crippen LogP contribution in [-0.4, -0.2) is 109 Å². The molecule has 0 aromatic rings. The van der Waals surface area contributed by atoms with Gasteiger partial charge in [0.05, 0.1) is 25.4 Å². The van der Waals surface area contributed by atoms with Crippen LogP contribution in [0.25, 0.3) is 0 Å². The molecule has 0 aromatic carbocycles. The maximum atomic E-state index is 11.0. The number of aliphatic hydroxyl groups excluding tert-OH is 4. The number of carbonyl (C=O) groups excluding carboxylic acids is 1. The van der Waals surface area contributed by atoms with E-state index in [-0.39, 0.29) is 25.5 Å². The molecule has 0 aromatic heterocycles. The average Bonchev–Trinajstić information content (AvgIpc) is 2.65. The van der Waals surface area contributed by atoms with E-state index in [1.54, 1.807) is 6.92 Å². The van der Waals surface area contributed by atoms with Crippen molar-refractivity contribution < 1.29 is 48.9 Å². The lowest BCUT2D eigenvalue weighted by Crippen LogP contribution is -2.63. The third-order valence-corrected chi connectivity index (χ3v) is 4.80. The fourth-order valence-electron chi connectivity index (χ4n) is 3.21. The Morgan fingerprint density at radius 3 is 2.46 bits per heavy atom. The Balaban J connectivity index is 2.11. The third-order valence-electron chi connectivity index (χ3n) is 4.80. The van der Waals surface area contributed by atoms with Gasteiger partial charge in [0.25, 0.3) is 0 Å². The van der Waals surface area contributed by atoms with Gasteiger partial charge < -0.3 is 49.4 Å². The lowest BCUT2D eigenvalue weighted by molar-refractivity contribution is -0.350. The van der Waals surface area contributed by atoms with E-state index in [1.807, 2.05) is 0 Å². The molecule has 28 heavy (non-hydrogen) atoms. The van der Waals surface area contributed by atoms with Crippen molar-refractivity contribution in [2.75, 3.05) is 26.9 Å². The summed E-state index contributed by atoms with van der Waals surface area (Å²) in [5.74, 6) is -0.216. The molecule has 0 bridgehead atoms. The molecule has 0 unspecified atom stereocenters. The Morgan fingerprint density at radius 2 is 1.86 bits per heavy atom. The van der Waals surface area contributed by atoms with Gasteiger partial charge in [-0.2, -0.15) is 0 Å². The fourth-order valence-corrected chi connectivity index (χ4v) is 3.21. The van der Waals surface area contributed by atoms with E-state index in [0.29, 0.717) is 0 Å². The van der Waals surface area contributed by atoms with Crippen LogP contribution < -0.4 is 5.32 Å². The maximum absolute atomic E-state index is 11.0. The molecule has 2 saturated heterocycles. The van der Waals surface area contributed by atoms with Crippen molar-refractivity contribution in [2.24, 2.45) is 0 Å². The molecule has 0 spiro atoms. The number of rotatable bonds is 8. The minimum atomic E-state index is -1.29. The Morgan fingerprint density at radius 1 is 1.14 bits per heavy atom. The van der Waals surface area contributed by atoms with Crippen LogP contribution in [0.5, 0.6) is 0 Å². The second kappa shape index (κ2) is 10.8. The highest BCUT2D eigenvalue weighted by Crippen LogP contribution is 2.30. The first-order chi connectivity index (χ1) is 13.3. The van der Waals surface area contributed by atoms with Gasteiger partial charge in [0.1, 0.15) is 30.5 Å². The second-order valence-corrected chi connectivity index (χ2v) is 6.95. The first-order valence-electron chi connectivity index (χ1n) is 9.28. The smallest absolute Gasteiger partial charge is 0.216 e. The number of methoxy groups -OCH3 is 1. The van der Waals surface area contributed by atoms with Crippen LogP contribution in [-0.2, 0) is 28.5 Å². The monoisotopic (exact) mass is 409 g/mol. The summed E-state index contributed by atoms with van der Waals surface area (Å²) in [6.45, 7) is 2.85. The van der Waals surface area contributed by atoms with Crippen LogP contribution in [0, 0.1) is 0 Å². The normalized spacial score (nSPS) is 41.6. The molecule has 164 valence electrons. The van der Waals surface area contributed by atoms with Gasteiger partial charge >= 0.3 is 0 Å². The van der Waals surface area contributed by atoms with E-state index in [2.05, 4.69) is 5.32 Å². The number of ether oxygens (including phenoxy) is 5. The van der Waals surface area contributed by atoms with Crippen LogP contribution in [0.2, 0.25) is 0 Å². The van der Waals surface area contributed by atoms with Gasteiger partial charge in [-0.3, -0.25) is 4.79 Å². The number of hydrogen-bond acceptors (Lipinski definition) is 10. The summed E-state index contributed by atoms with van der Waals surface area (Å²) in [6, 6.07) is 0. The zero-order valence-corrected chi connectivity index (χ0v) is 16.3. The minimum absolute atomic E-state index is 0.0519.